The minimum atomic E-state index is -0.403. The molecule has 10 atom stereocenters. The number of carbonyl (C=O) groups excluding carboxylic acids is 3. The Hall–Kier alpha value is -1.85. The quantitative estimate of drug-likeness (QED) is 0.190. The lowest BCUT2D eigenvalue weighted by molar-refractivity contribution is -0.209. The van der Waals surface area contributed by atoms with Crippen LogP contribution in [0.4, 0.5) is 0 Å². The highest BCUT2D eigenvalue weighted by Gasteiger charge is 2.65. The van der Waals surface area contributed by atoms with Gasteiger partial charge in [0.25, 0.3) is 0 Å². The second-order valence-corrected chi connectivity index (χ2v) is 16.6. The molecular weight excluding hydrogens is 528 g/mol. The average molecular weight is 585 g/mol. The molecule has 0 radical (unpaired) electrons. The third-order valence-electron chi connectivity index (χ3n) is 13.8. The van der Waals surface area contributed by atoms with E-state index in [2.05, 4.69) is 47.6 Å². The van der Waals surface area contributed by atoms with Gasteiger partial charge in [-0.05, 0) is 104 Å². The van der Waals surface area contributed by atoms with Crippen LogP contribution in [0.1, 0.15) is 127 Å². The fourth-order valence-electron chi connectivity index (χ4n) is 12.0. The van der Waals surface area contributed by atoms with Gasteiger partial charge < -0.3 is 14.2 Å². The Kier molecular flexibility index (Phi) is 8.00. The maximum absolute atomic E-state index is 12.1. The second-order valence-electron chi connectivity index (χ2n) is 16.6. The molecule has 0 unspecified atom stereocenters. The average Bonchev–Trinajstić information content (AvgIpc) is 3.03. The monoisotopic (exact) mass is 584 g/mol. The van der Waals surface area contributed by atoms with Crippen LogP contribution < -0.4 is 0 Å². The van der Waals surface area contributed by atoms with Gasteiger partial charge in [0.15, 0.2) is 0 Å². The Balaban J connectivity index is 1.46. The lowest BCUT2D eigenvalue weighted by atomic mass is 9.41. The Bertz CT molecular complexity index is 1140. The summed E-state index contributed by atoms with van der Waals surface area (Å²) >= 11 is 0. The van der Waals surface area contributed by atoms with Gasteiger partial charge in [-0.2, -0.15) is 0 Å². The van der Waals surface area contributed by atoms with Gasteiger partial charge in [-0.15, -0.1) is 0 Å². The second kappa shape index (κ2) is 10.6. The van der Waals surface area contributed by atoms with E-state index in [4.69, 9.17) is 14.2 Å². The van der Waals surface area contributed by atoms with E-state index >= 15 is 0 Å². The lowest BCUT2D eigenvalue weighted by Gasteiger charge is -2.64. The standard InChI is InChI=1S/C36H56O6/c1-22(37)40-21-36(9)29-14-17-33(6)20-25-10-12-27-32(4,5)30(41-23(2)38)15-18-34(27,7)26(25)11-13-28(33)35(29,8)19-16-31(36)42-24(3)39/h10,26-31H,11-21H2,1-9H3/t26-,27-,28-,29+,30-,31-,33-,34+,35+,36+/m0/s1. The van der Waals surface area contributed by atoms with Crippen molar-refractivity contribution in [2.24, 2.45) is 50.7 Å². The minimum Gasteiger partial charge on any atom is -0.465 e. The topological polar surface area (TPSA) is 78.9 Å². The van der Waals surface area contributed by atoms with Gasteiger partial charge in [0.1, 0.15) is 18.8 Å². The molecule has 0 spiro atoms. The highest BCUT2D eigenvalue weighted by Crippen LogP contribution is 2.70. The molecule has 0 aromatic rings. The smallest absolute Gasteiger partial charge is 0.302 e. The maximum Gasteiger partial charge on any atom is 0.302 e. The van der Waals surface area contributed by atoms with Crippen LogP contribution in [-0.2, 0) is 28.6 Å². The SMILES string of the molecule is CC(=O)OC[C@]1(C)[C@@H]2CC[C@@]3(C)CC4=CC[C@H]5C(C)(C)[C@@H](OC(C)=O)CC[C@]5(C)[C@H]4CC[C@@H]3[C@@]2(C)CC[C@@H]1OC(C)=O. The number of carbonyl (C=O) groups is 3. The molecule has 236 valence electrons. The molecule has 4 fully saturated rings. The fourth-order valence-corrected chi connectivity index (χ4v) is 12.0. The van der Waals surface area contributed by atoms with Crippen LogP contribution in [0.15, 0.2) is 11.6 Å². The summed E-state index contributed by atoms with van der Waals surface area (Å²) in [6.07, 6.45) is 13.1. The lowest BCUT2D eigenvalue weighted by Crippen LogP contribution is -2.61. The van der Waals surface area contributed by atoms with E-state index in [1.165, 1.54) is 26.7 Å². The number of fused-ring (bicyclic) bond motifs is 6. The summed E-state index contributed by atoms with van der Waals surface area (Å²) in [4.78, 5) is 36.1. The maximum atomic E-state index is 12.1. The third-order valence-corrected chi connectivity index (χ3v) is 13.8. The molecule has 5 aliphatic rings. The summed E-state index contributed by atoms with van der Waals surface area (Å²) in [5.41, 5.74) is 1.72. The number of ether oxygens (including phenoxy) is 3. The molecule has 0 bridgehead atoms. The van der Waals surface area contributed by atoms with Crippen LogP contribution in [0.25, 0.3) is 0 Å². The molecule has 0 saturated heterocycles. The van der Waals surface area contributed by atoms with Crippen LogP contribution in [0.5, 0.6) is 0 Å². The van der Waals surface area contributed by atoms with Crippen LogP contribution in [-0.4, -0.2) is 36.7 Å². The number of hydrogen-bond acceptors (Lipinski definition) is 6. The summed E-state index contributed by atoms with van der Waals surface area (Å²) in [6, 6.07) is 0. The van der Waals surface area contributed by atoms with Gasteiger partial charge in [-0.3, -0.25) is 14.4 Å². The number of hydrogen-bond donors (Lipinski definition) is 0. The summed E-state index contributed by atoms with van der Waals surface area (Å²) in [5.74, 6) is 1.22. The van der Waals surface area contributed by atoms with Crippen molar-refractivity contribution in [2.45, 2.75) is 139 Å². The molecule has 0 heterocycles. The van der Waals surface area contributed by atoms with Crippen LogP contribution in [0.3, 0.4) is 0 Å². The molecule has 0 amide bonds. The molecule has 5 rings (SSSR count). The Labute approximate surface area is 254 Å². The predicted molar refractivity (Wildman–Crippen MR) is 162 cm³/mol. The van der Waals surface area contributed by atoms with Crippen molar-refractivity contribution in [3.05, 3.63) is 11.6 Å². The molecule has 4 saturated carbocycles. The minimum absolute atomic E-state index is 0.0177. The highest BCUT2D eigenvalue weighted by atomic mass is 16.6. The van der Waals surface area contributed by atoms with Crippen LogP contribution >= 0.6 is 0 Å². The third kappa shape index (κ3) is 4.95. The largest absolute Gasteiger partial charge is 0.465 e. The highest BCUT2D eigenvalue weighted by molar-refractivity contribution is 5.67. The molecule has 0 N–H and O–H groups in total. The van der Waals surface area contributed by atoms with Crippen molar-refractivity contribution in [2.75, 3.05) is 6.61 Å². The van der Waals surface area contributed by atoms with Gasteiger partial charge in [0, 0.05) is 31.6 Å². The normalized spacial score (nSPS) is 45.9. The molecule has 0 aliphatic heterocycles. The van der Waals surface area contributed by atoms with E-state index in [1.54, 1.807) is 12.5 Å². The summed E-state index contributed by atoms with van der Waals surface area (Å²) < 4.78 is 17.5. The Morgan fingerprint density at radius 2 is 1.33 bits per heavy atom. The van der Waals surface area contributed by atoms with E-state index in [-0.39, 0.29) is 51.8 Å². The van der Waals surface area contributed by atoms with Crippen molar-refractivity contribution in [3.63, 3.8) is 0 Å². The summed E-state index contributed by atoms with van der Waals surface area (Å²) in [5, 5.41) is 0. The molecule has 42 heavy (non-hydrogen) atoms. The zero-order chi connectivity index (χ0) is 30.9. The van der Waals surface area contributed by atoms with Gasteiger partial charge in [0.2, 0.25) is 0 Å². The molecule has 6 nitrogen and oxygen atoms in total. The first kappa shape index (κ1) is 31.6. The van der Waals surface area contributed by atoms with E-state index in [0.29, 0.717) is 30.3 Å². The van der Waals surface area contributed by atoms with E-state index in [1.807, 2.05) is 0 Å². The van der Waals surface area contributed by atoms with E-state index in [0.717, 1.165) is 51.4 Å². The van der Waals surface area contributed by atoms with Crippen molar-refractivity contribution in [1.82, 2.24) is 0 Å². The van der Waals surface area contributed by atoms with Crippen molar-refractivity contribution in [1.29, 1.82) is 0 Å². The van der Waals surface area contributed by atoms with Crippen molar-refractivity contribution < 1.29 is 28.6 Å². The zero-order valence-electron chi connectivity index (χ0n) is 27.8. The number of rotatable bonds is 4. The first-order chi connectivity index (χ1) is 19.5. The first-order valence-electron chi connectivity index (χ1n) is 16.6. The molecule has 5 aliphatic carbocycles. The van der Waals surface area contributed by atoms with E-state index < -0.39 is 5.41 Å². The molecular formula is C36H56O6. The Morgan fingerprint density at radius 3 is 1.98 bits per heavy atom. The van der Waals surface area contributed by atoms with Crippen molar-refractivity contribution >= 4 is 17.9 Å². The first-order valence-corrected chi connectivity index (χ1v) is 16.6. The van der Waals surface area contributed by atoms with E-state index in [9.17, 15) is 14.4 Å². The van der Waals surface area contributed by atoms with Gasteiger partial charge >= 0.3 is 17.9 Å². The molecule has 0 aromatic carbocycles. The van der Waals surface area contributed by atoms with Crippen LogP contribution in [0.2, 0.25) is 0 Å². The van der Waals surface area contributed by atoms with Crippen LogP contribution in [0, 0.1) is 50.7 Å². The zero-order valence-corrected chi connectivity index (χ0v) is 27.8. The summed E-state index contributed by atoms with van der Waals surface area (Å²) in [7, 11) is 0. The van der Waals surface area contributed by atoms with Crippen molar-refractivity contribution in [3.8, 4) is 0 Å². The molecule has 0 aromatic heterocycles. The van der Waals surface area contributed by atoms with Gasteiger partial charge in [-0.25, -0.2) is 0 Å². The van der Waals surface area contributed by atoms with Gasteiger partial charge in [0.05, 0.1) is 0 Å². The predicted octanol–water partition coefficient (Wildman–Crippen LogP) is 7.82. The van der Waals surface area contributed by atoms with Gasteiger partial charge in [-0.1, -0.05) is 53.2 Å². The number of allylic oxidation sites excluding steroid dienone is 2. The molecule has 6 heteroatoms. The fraction of sp³-hybridized carbons (Fsp3) is 0.861. The summed E-state index contributed by atoms with van der Waals surface area (Å²) in [6.45, 7) is 19.3. The number of esters is 3. The Morgan fingerprint density at radius 1 is 0.714 bits per heavy atom.